The summed E-state index contributed by atoms with van der Waals surface area (Å²) in [5.74, 6) is 0.270. The van der Waals surface area contributed by atoms with Gasteiger partial charge in [0.15, 0.2) is 5.65 Å². The third kappa shape index (κ3) is 3.76. The molecule has 154 valence electrons. The molecule has 0 spiro atoms. The summed E-state index contributed by atoms with van der Waals surface area (Å²) >= 11 is 6.13. The number of nitrogens with zero attached hydrogens (tertiary/aromatic N) is 4. The molecule has 0 aliphatic heterocycles. The number of aromatic nitrogens is 3. The quantitative estimate of drug-likeness (QED) is 0.439. The van der Waals surface area contributed by atoms with E-state index in [0.717, 1.165) is 0 Å². The van der Waals surface area contributed by atoms with Gasteiger partial charge in [-0.25, -0.2) is 12.8 Å². The van der Waals surface area contributed by atoms with Crippen LogP contribution in [0.15, 0.2) is 71.8 Å². The molecule has 9 heteroatoms. The highest BCUT2D eigenvalue weighted by Gasteiger charge is 2.29. The Bertz CT molecular complexity index is 1310. The van der Waals surface area contributed by atoms with Crippen molar-refractivity contribution in [3.63, 3.8) is 0 Å². The molecule has 0 bridgehead atoms. The molecule has 0 aliphatic rings. The minimum atomic E-state index is -4.04. The molecular formula is C21H18ClFN4O2S. The number of hydrogen-bond donors (Lipinski definition) is 0. The normalized spacial score (nSPS) is 11.7. The van der Waals surface area contributed by atoms with E-state index in [1.54, 1.807) is 53.1 Å². The van der Waals surface area contributed by atoms with Crippen molar-refractivity contribution in [1.29, 1.82) is 0 Å². The monoisotopic (exact) mass is 444 g/mol. The van der Waals surface area contributed by atoms with Gasteiger partial charge in [-0.15, -0.1) is 10.2 Å². The van der Waals surface area contributed by atoms with Gasteiger partial charge in [0.2, 0.25) is 0 Å². The number of hydrogen-bond acceptors (Lipinski definition) is 4. The van der Waals surface area contributed by atoms with E-state index >= 15 is 0 Å². The van der Waals surface area contributed by atoms with Crippen molar-refractivity contribution in [3.8, 4) is 0 Å². The Morgan fingerprint density at radius 2 is 1.83 bits per heavy atom. The standard InChI is InChI=1S/C21H18ClFN4O2S/c1-2-20-24-25-21-19(7-4-12-26(20)21)30(28,29)27(18-6-3-5-16(22)13-18)14-15-8-10-17(23)11-9-15/h3-13H,2,14H2,1H3. The minimum absolute atomic E-state index is 0.00121. The topological polar surface area (TPSA) is 67.6 Å². The van der Waals surface area contributed by atoms with Crippen molar-refractivity contribution in [1.82, 2.24) is 14.6 Å². The Balaban J connectivity index is 1.87. The second kappa shape index (κ2) is 8.04. The number of benzene rings is 2. The van der Waals surface area contributed by atoms with E-state index in [1.165, 1.54) is 22.5 Å². The summed E-state index contributed by atoms with van der Waals surface area (Å²) in [5.41, 5.74) is 1.27. The van der Waals surface area contributed by atoms with Crippen LogP contribution in [0.1, 0.15) is 18.3 Å². The van der Waals surface area contributed by atoms with Crippen LogP contribution in [0.4, 0.5) is 10.1 Å². The molecule has 2 aromatic heterocycles. The Labute approximate surface area is 178 Å². The highest BCUT2D eigenvalue weighted by atomic mass is 35.5. The first-order valence-electron chi connectivity index (χ1n) is 9.25. The van der Waals surface area contributed by atoms with Crippen molar-refractivity contribution < 1.29 is 12.8 Å². The van der Waals surface area contributed by atoms with Gasteiger partial charge in [-0.05, 0) is 48.0 Å². The van der Waals surface area contributed by atoms with Crippen LogP contribution < -0.4 is 4.31 Å². The fourth-order valence-corrected chi connectivity index (χ4v) is 4.95. The van der Waals surface area contributed by atoms with Crippen LogP contribution in [0, 0.1) is 5.82 Å². The van der Waals surface area contributed by atoms with Crippen molar-refractivity contribution in [3.05, 3.63) is 89.1 Å². The molecule has 0 saturated carbocycles. The molecule has 0 saturated heterocycles. The molecular weight excluding hydrogens is 427 g/mol. The van der Waals surface area contributed by atoms with Crippen LogP contribution in [0.25, 0.3) is 5.65 Å². The smallest absolute Gasteiger partial charge is 0.268 e. The molecule has 2 heterocycles. The van der Waals surface area contributed by atoms with E-state index < -0.39 is 15.8 Å². The maximum atomic E-state index is 13.8. The zero-order chi connectivity index (χ0) is 21.3. The maximum absolute atomic E-state index is 13.8. The predicted octanol–water partition coefficient (Wildman–Crippen LogP) is 4.48. The summed E-state index contributed by atoms with van der Waals surface area (Å²) in [6, 6.07) is 15.4. The first kappa shape index (κ1) is 20.3. The second-order valence-corrected chi connectivity index (χ2v) is 8.92. The number of anilines is 1. The van der Waals surface area contributed by atoms with E-state index in [-0.39, 0.29) is 17.1 Å². The minimum Gasteiger partial charge on any atom is -0.285 e. The molecule has 4 aromatic rings. The van der Waals surface area contributed by atoms with Crippen molar-refractivity contribution in [2.45, 2.75) is 24.8 Å². The summed E-state index contributed by atoms with van der Waals surface area (Å²) in [5, 5.41) is 8.60. The van der Waals surface area contributed by atoms with Gasteiger partial charge in [0.1, 0.15) is 16.5 Å². The molecule has 0 radical (unpaired) electrons. The number of fused-ring (bicyclic) bond motifs is 1. The lowest BCUT2D eigenvalue weighted by Crippen LogP contribution is -2.31. The van der Waals surface area contributed by atoms with Gasteiger partial charge in [-0.2, -0.15) is 0 Å². The van der Waals surface area contributed by atoms with E-state index in [1.807, 2.05) is 6.92 Å². The van der Waals surface area contributed by atoms with Crippen LogP contribution in [0.2, 0.25) is 5.02 Å². The molecule has 2 aromatic carbocycles. The third-order valence-corrected chi connectivity index (χ3v) is 6.72. The van der Waals surface area contributed by atoms with Gasteiger partial charge in [-0.3, -0.25) is 8.71 Å². The average molecular weight is 445 g/mol. The maximum Gasteiger partial charge on any atom is 0.268 e. The zero-order valence-electron chi connectivity index (χ0n) is 16.0. The van der Waals surface area contributed by atoms with Gasteiger partial charge in [-0.1, -0.05) is 36.7 Å². The summed E-state index contributed by atoms with van der Waals surface area (Å²) in [4.78, 5) is 0.0271. The van der Waals surface area contributed by atoms with Crippen LogP contribution in [-0.4, -0.2) is 23.0 Å². The molecule has 6 nitrogen and oxygen atoms in total. The highest BCUT2D eigenvalue weighted by molar-refractivity contribution is 7.93. The second-order valence-electron chi connectivity index (χ2n) is 6.65. The number of halogens is 2. The van der Waals surface area contributed by atoms with E-state index in [2.05, 4.69) is 10.2 Å². The van der Waals surface area contributed by atoms with Crippen LogP contribution >= 0.6 is 11.6 Å². The molecule has 30 heavy (non-hydrogen) atoms. The molecule has 0 fully saturated rings. The van der Waals surface area contributed by atoms with E-state index in [0.29, 0.717) is 28.5 Å². The molecule has 0 aliphatic carbocycles. The number of rotatable bonds is 6. The lowest BCUT2D eigenvalue weighted by Gasteiger charge is -2.25. The Hall–Kier alpha value is -2.97. The molecule has 0 amide bonds. The lowest BCUT2D eigenvalue weighted by atomic mass is 10.2. The SMILES string of the molecule is CCc1nnc2c(S(=O)(=O)N(Cc3ccc(F)cc3)c3cccc(Cl)c3)cccn12. The van der Waals surface area contributed by atoms with Gasteiger partial charge < -0.3 is 0 Å². The van der Waals surface area contributed by atoms with E-state index in [9.17, 15) is 12.8 Å². The van der Waals surface area contributed by atoms with Crippen LogP contribution in [0.5, 0.6) is 0 Å². The van der Waals surface area contributed by atoms with Gasteiger partial charge >= 0.3 is 0 Å². The highest BCUT2D eigenvalue weighted by Crippen LogP contribution is 2.29. The largest absolute Gasteiger partial charge is 0.285 e. The van der Waals surface area contributed by atoms with Gasteiger partial charge in [0, 0.05) is 17.6 Å². The Kier molecular flexibility index (Phi) is 5.44. The van der Waals surface area contributed by atoms with Crippen molar-refractivity contribution in [2.24, 2.45) is 0 Å². The number of sulfonamides is 1. The first-order chi connectivity index (χ1) is 14.4. The van der Waals surface area contributed by atoms with Crippen LogP contribution in [0.3, 0.4) is 0 Å². The van der Waals surface area contributed by atoms with E-state index in [4.69, 9.17) is 11.6 Å². The summed E-state index contributed by atoms with van der Waals surface area (Å²) < 4.78 is 43.8. The summed E-state index contributed by atoms with van der Waals surface area (Å²) in [7, 11) is -4.04. The fraction of sp³-hybridized carbons (Fsp3) is 0.143. The lowest BCUT2D eigenvalue weighted by molar-refractivity contribution is 0.590. The Morgan fingerprint density at radius 1 is 1.07 bits per heavy atom. The van der Waals surface area contributed by atoms with Gasteiger partial charge in [0.25, 0.3) is 10.0 Å². The number of aryl methyl sites for hydroxylation is 1. The molecule has 0 unspecified atom stereocenters. The predicted molar refractivity (Wildman–Crippen MR) is 114 cm³/mol. The molecule has 0 atom stereocenters. The summed E-state index contributed by atoms with van der Waals surface area (Å²) in [6.45, 7) is 1.92. The zero-order valence-corrected chi connectivity index (χ0v) is 17.6. The van der Waals surface area contributed by atoms with Crippen LogP contribution in [-0.2, 0) is 23.0 Å². The fourth-order valence-electron chi connectivity index (χ4n) is 3.20. The van der Waals surface area contributed by atoms with Gasteiger partial charge in [0.05, 0.1) is 12.2 Å². The number of pyridine rings is 1. The van der Waals surface area contributed by atoms with Crippen molar-refractivity contribution >= 4 is 33.0 Å². The third-order valence-electron chi connectivity index (χ3n) is 4.69. The van der Waals surface area contributed by atoms with Crippen molar-refractivity contribution in [2.75, 3.05) is 4.31 Å². The Morgan fingerprint density at radius 3 is 2.53 bits per heavy atom. The first-order valence-corrected chi connectivity index (χ1v) is 11.1. The summed E-state index contributed by atoms with van der Waals surface area (Å²) in [6.07, 6.45) is 2.34. The molecule has 0 N–H and O–H groups in total. The average Bonchev–Trinajstić information content (AvgIpc) is 3.16. The molecule has 4 rings (SSSR count).